The fourth-order valence-electron chi connectivity index (χ4n) is 4.79. The summed E-state index contributed by atoms with van der Waals surface area (Å²) in [6.45, 7) is 4.38. The van der Waals surface area contributed by atoms with E-state index in [1.165, 1.54) is 19.5 Å². The molecule has 1 aromatic heterocycles. The second-order valence-electron chi connectivity index (χ2n) is 8.85. The van der Waals surface area contributed by atoms with Crippen LogP contribution in [0.1, 0.15) is 54.4 Å². The highest BCUT2D eigenvalue weighted by atomic mass is 16.6. The molecular weight excluding hydrogens is 392 g/mol. The van der Waals surface area contributed by atoms with Crippen LogP contribution in [0.15, 0.2) is 35.7 Å². The minimum Gasteiger partial charge on any atom is -0.620 e. The Balaban J connectivity index is 1.73. The number of rotatable bonds is 3. The second kappa shape index (κ2) is 6.91. The molecule has 1 amide bonds. The highest BCUT2D eigenvalue weighted by Crippen LogP contribution is 2.53. The summed E-state index contributed by atoms with van der Waals surface area (Å²) in [5.41, 5.74) is 5.07. The van der Waals surface area contributed by atoms with Crippen LogP contribution in [0.4, 0.5) is 11.4 Å². The molecule has 0 radical (unpaired) electrons. The third-order valence-electron chi connectivity index (χ3n) is 6.79. The zero-order chi connectivity index (χ0) is 21.9. The van der Waals surface area contributed by atoms with Gasteiger partial charge in [0.15, 0.2) is 0 Å². The van der Waals surface area contributed by atoms with Gasteiger partial charge < -0.3 is 15.3 Å². The van der Waals surface area contributed by atoms with Gasteiger partial charge in [-0.25, -0.2) is 9.78 Å². The number of ether oxygens (including phenoxy) is 1. The normalized spacial score (nSPS) is 24.4. The van der Waals surface area contributed by atoms with Crippen LogP contribution in [0, 0.1) is 29.4 Å². The van der Waals surface area contributed by atoms with Crippen molar-refractivity contribution in [1.82, 2.24) is 9.63 Å². The van der Waals surface area contributed by atoms with E-state index in [2.05, 4.69) is 16.4 Å². The van der Waals surface area contributed by atoms with E-state index in [4.69, 9.17) is 4.74 Å². The molecule has 2 atom stereocenters. The molecule has 2 aromatic rings. The zero-order valence-corrected chi connectivity index (χ0v) is 17.9. The number of nitrogens with one attached hydrogen (secondary N) is 1. The van der Waals surface area contributed by atoms with Crippen molar-refractivity contribution in [1.29, 1.82) is 5.26 Å². The number of hydrogen-bond donors (Lipinski definition) is 1. The Bertz CT molecular complexity index is 1190. The number of nitrogens with zero attached hydrogens (tertiary/aromatic N) is 3. The van der Waals surface area contributed by atoms with Gasteiger partial charge in [0.2, 0.25) is 5.88 Å². The predicted molar refractivity (Wildman–Crippen MR) is 117 cm³/mol. The highest BCUT2D eigenvalue weighted by molar-refractivity contribution is 6.09. The molecule has 1 aromatic carbocycles. The number of fused-ring (bicyclic) bond motifs is 5. The fraction of sp³-hybridized carbons (Fsp3) is 0.375. The van der Waals surface area contributed by atoms with Gasteiger partial charge in [-0.15, -0.1) is 0 Å². The number of aromatic nitrogens is 1. The molecule has 1 unspecified atom stereocenters. The molecule has 1 aliphatic carbocycles. The SMILES string of the molecule is CC1=C2C(=O)[N+](C)([O-])c3cc(C#N)ccc3[C@H]2c2c(OCC3CCC3)ncc(C)c2N1. The minimum absolute atomic E-state index is 0.296. The molecule has 1 N–H and O–H groups in total. The van der Waals surface area contributed by atoms with Gasteiger partial charge in [-0.3, -0.25) is 4.65 Å². The molecular formula is C24H24N4O3. The van der Waals surface area contributed by atoms with E-state index in [1.54, 1.807) is 18.3 Å². The molecule has 5 rings (SSSR count). The number of benzene rings is 1. The monoisotopic (exact) mass is 416 g/mol. The molecule has 2 aliphatic heterocycles. The van der Waals surface area contributed by atoms with Crippen molar-refractivity contribution in [3.8, 4) is 11.9 Å². The fourth-order valence-corrected chi connectivity index (χ4v) is 4.79. The number of nitriles is 1. The maximum Gasteiger partial charge on any atom is 0.349 e. The molecule has 0 bridgehead atoms. The summed E-state index contributed by atoms with van der Waals surface area (Å²) < 4.78 is 5.00. The number of carbonyl (C=O) groups excluding carboxylic acids is 1. The van der Waals surface area contributed by atoms with Gasteiger partial charge in [0.25, 0.3) is 0 Å². The summed E-state index contributed by atoms with van der Waals surface area (Å²) in [5.74, 6) is 0.0392. The van der Waals surface area contributed by atoms with Gasteiger partial charge in [0.05, 0.1) is 48.0 Å². The third kappa shape index (κ3) is 2.87. The number of likely N-dealkylation sites (N-methyl/N-ethyl adjacent to an activating group) is 1. The smallest absolute Gasteiger partial charge is 0.349 e. The summed E-state index contributed by atoms with van der Waals surface area (Å²) in [7, 11) is 1.33. The van der Waals surface area contributed by atoms with E-state index in [0.29, 0.717) is 46.5 Å². The summed E-state index contributed by atoms with van der Waals surface area (Å²) >= 11 is 0. The van der Waals surface area contributed by atoms with Crippen LogP contribution in [0.3, 0.4) is 0 Å². The van der Waals surface area contributed by atoms with Crippen LogP contribution < -0.4 is 14.7 Å². The van der Waals surface area contributed by atoms with Gasteiger partial charge in [0.1, 0.15) is 5.69 Å². The van der Waals surface area contributed by atoms with Gasteiger partial charge in [-0.2, -0.15) is 5.26 Å². The molecule has 3 aliphatic rings. The van der Waals surface area contributed by atoms with Crippen LogP contribution in [0.25, 0.3) is 0 Å². The van der Waals surface area contributed by atoms with Crippen molar-refractivity contribution in [2.75, 3.05) is 19.0 Å². The van der Waals surface area contributed by atoms with E-state index >= 15 is 0 Å². The van der Waals surface area contributed by atoms with Crippen LogP contribution >= 0.6 is 0 Å². The molecule has 7 heteroatoms. The second-order valence-corrected chi connectivity index (χ2v) is 8.85. The molecule has 158 valence electrons. The summed E-state index contributed by atoms with van der Waals surface area (Å²) in [6, 6.07) is 7.10. The summed E-state index contributed by atoms with van der Waals surface area (Å²) in [5, 5.41) is 26.1. The first kappa shape index (κ1) is 19.7. The van der Waals surface area contributed by atoms with Crippen LogP contribution in [0.2, 0.25) is 0 Å². The standard InChI is InChI=1S/C24H24N4O3/c1-13-11-26-23(31-12-15-5-4-6-15)21-20-17-8-7-16(10-25)9-18(17)28(3,30)24(29)19(20)14(2)27-22(13)21/h7-9,11,15,20,27H,4-6,12H2,1-3H3/t20-,28?/m1/s1. The predicted octanol–water partition coefficient (Wildman–Crippen LogP) is 4.25. The van der Waals surface area contributed by atoms with Crippen molar-refractivity contribution in [3.63, 3.8) is 0 Å². The molecule has 0 spiro atoms. The summed E-state index contributed by atoms with van der Waals surface area (Å²) in [4.78, 5) is 18.0. The van der Waals surface area contributed by atoms with Gasteiger partial charge in [-0.05, 0) is 44.2 Å². The molecule has 1 fully saturated rings. The number of anilines is 1. The lowest BCUT2D eigenvalue weighted by Gasteiger charge is -2.45. The van der Waals surface area contributed by atoms with Crippen molar-refractivity contribution in [2.24, 2.45) is 5.92 Å². The highest BCUT2D eigenvalue weighted by Gasteiger charge is 2.48. The molecule has 31 heavy (non-hydrogen) atoms. The zero-order valence-electron chi connectivity index (χ0n) is 17.9. The molecule has 1 saturated carbocycles. The Morgan fingerprint density at radius 3 is 2.81 bits per heavy atom. The Hall–Kier alpha value is -3.21. The van der Waals surface area contributed by atoms with E-state index in [9.17, 15) is 15.3 Å². The molecule has 3 heterocycles. The lowest BCUT2D eigenvalue weighted by molar-refractivity contribution is -0.123. The van der Waals surface area contributed by atoms with Crippen molar-refractivity contribution >= 4 is 17.3 Å². The maximum absolute atomic E-state index is 13.4. The van der Waals surface area contributed by atoms with Crippen molar-refractivity contribution < 1.29 is 9.53 Å². The van der Waals surface area contributed by atoms with E-state index < -0.39 is 16.5 Å². The van der Waals surface area contributed by atoms with Gasteiger partial charge in [-0.1, -0.05) is 12.5 Å². The Morgan fingerprint density at radius 2 is 2.13 bits per heavy atom. The van der Waals surface area contributed by atoms with E-state index in [-0.39, 0.29) is 0 Å². The largest absolute Gasteiger partial charge is 0.620 e. The van der Waals surface area contributed by atoms with E-state index in [1.807, 2.05) is 13.8 Å². The maximum atomic E-state index is 13.4. The lowest BCUT2D eigenvalue weighted by Crippen LogP contribution is -2.51. The third-order valence-corrected chi connectivity index (χ3v) is 6.79. The Labute approximate surface area is 181 Å². The summed E-state index contributed by atoms with van der Waals surface area (Å²) in [6.07, 6.45) is 5.32. The Kier molecular flexibility index (Phi) is 4.40. The van der Waals surface area contributed by atoms with Crippen molar-refractivity contribution in [2.45, 2.75) is 39.0 Å². The van der Waals surface area contributed by atoms with Gasteiger partial charge in [0, 0.05) is 23.5 Å². The number of amides is 1. The van der Waals surface area contributed by atoms with Crippen LogP contribution in [-0.2, 0) is 4.79 Å². The number of allylic oxidation sites excluding steroid dienone is 1. The van der Waals surface area contributed by atoms with Crippen molar-refractivity contribution in [3.05, 3.63) is 63.1 Å². The number of aryl methyl sites for hydroxylation is 1. The average molecular weight is 416 g/mol. The first-order valence-electron chi connectivity index (χ1n) is 10.6. The van der Waals surface area contributed by atoms with Gasteiger partial charge >= 0.3 is 5.91 Å². The topological polar surface area (TPSA) is 98.1 Å². The lowest BCUT2D eigenvalue weighted by atomic mass is 9.76. The first-order valence-corrected chi connectivity index (χ1v) is 10.6. The number of hydroxylamine groups is 2. The average Bonchev–Trinajstić information content (AvgIpc) is 2.72. The van der Waals surface area contributed by atoms with Crippen LogP contribution in [0.5, 0.6) is 5.88 Å². The quantitative estimate of drug-likeness (QED) is 0.593. The number of carbonyl (C=O) groups is 1. The Morgan fingerprint density at radius 1 is 1.35 bits per heavy atom. The molecule has 0 saturated heterocycles. The number of pyridine rings is 1. The first-order chi connectivity index (χ1) is 14.8. The van der Waals surface area contributed by atoms with Crippen LogP contribution in [-0.4, -0.2) is 24.5 Å². The minimum atomic E-state index is -1.18. The molecule has 7 nitrogen and oxygen atoms in total. The number of quaternary nitrogens is 1. The number of hydrogen-bond acceptors (Lipinski definition) is 6. The van der Waals surface area contributed by atoms with E-state index in [0.717, 1.165) is 29.7 Å².